The fourth-order valence-electron chi connectivity index (χ4n) is 1.35. The Morgan fingerprint density at radius 1 is 0.857 bits per heavy atom. The Morgan fingerprint density at radius 2 is 1.33 bits per heavy atom. The lowest BCUT2D eigenvalue weighted by Crippen LogP contribution is -1.96. The van der Waals surface area contributed by atoms with E-state index < -0.39 is 34.3 Å². The van der Waals surface area contributed by atoms with Gasteiger partial charge in [0.2, 0.25) is 0 Å². The molecular weight excluding hydrogens is 284 g/mol. The number of carboxylic acids is 1. The van der Waals surface area contributed by atoms with Crippen LogP contribution in [0.3, 0.4) is 0 Å². The molecular formula is C7H2N12O2. The van der Waals surface area contributed by atoms with Crippen molar-refractivity contribution < 1.29 is 9.90 Å². The van der Waals surface area contributed by atoms with E-state index in [9.17, 15) is 4.79 Å². The van der Waals surface area contributed by atoms with Crippen LogP contribution in [0.4, 0.5) is 22.7 Å². The summed E-state index contributed by atoms with van der Waals surface area (Å²) in [4.78, 5) is 20.8. The summed E-state index contributed by atoms with van der Waals surface area (Å²) in [7, 11) is 0. The van der Waals surface area contributed by atoms with E-state index >= 15 is 0 Å². The lowest BCUT2D eigenvalue weighted by molar-refractivity contribution is 0.0698. The standard InChI is InChI=1S/C7H2N12O2/c8-16-12-3-1-2(7(20)21)4(13-17-9)6(15-19-11)5(3)14-18-10/h1H,(H,20,21). The zero-order valence-electron chi connectivity index (χ0n) is 9.80. The average Bonchev–Trinajstić information content (AvgIpc) is 2.44. The maximum atomic E-state index is 11.1. The topological polar surface area (TPSA) is 232 Å². The first-order chi connectivity index (χ1) is 10.1. The third kappa shape index (κ3) is 3.03. The van der Waals surface area contributed by atoms with Crippen LogP contribution in [-0.4, -0.2) is 11.1 Å². The highest BCUT2D eigenvalue weighted by molar-refractivity contribution is 6.01. The summed E-state index contributed by atoms with van der Waals surface area (Å²) in [5, 5.41) is 21.6. The minimum Gasteiger partial charge on any atom is -0.478 e. The normalized spacial score (nSPS) is 8.38. The van der Waals surface area contributed by atoms with Gasteiger partial charge in [0.25, 0.3) is 0 Å². The van der Waals surface area contributed by atoms with E-state index in [0.717, 1.165) is 6.07 Å². The predicted octanol–water partition coefficient (Wildman–Crippen LogP) is 5.15. The van der Waals surface area contributed by atoms with Crippen molar-refractivity contribution in [3.05, 3.63) is 53.4 Å². The SMILES string of the molecule is [N-]=[N+]=Nc1cc(C(=O)O)c(N=[N+]=[N-])c(N=[N+]=[N-])c1N=[N+]=[N-]. The molecule has 0 atom stereocenters. The molecule has 0 fully saturated rings. The fraction of sp³-hybridized carbons (Fsp3) is 0. The predicted molar refractivity (Wildman–Crippen MR) is 68.6 cm³/mol. The van der Waals surface area contributed by atoms with Crippen molar-refractivity contribution in [2.75, 3.05) is 0 Å². The lowest BCUT2D eigenvalue weighted by atomic mass is 10.1. The molecule has 0 unspecified atom stereocenters. The third-order valence-electron chi connectivity index (χ3n) is 2.04. The van der Waals surface area contributed by atoms with Gasteiger partial charge in [0.1, 0.15) is 0 Å². The van der Waals surface area contributed by atoms with Crippen LogP contribution in [0.2, 0.25) is 0 Å². The van der Waals surface area contributed by atoms with Crippen LogP contribution in [0.5, 0.6) is 0 Å². The maximum Gasteiger partial charge on any atom is 0.336 e. The molecule has 102 valence electrons. The Bertz CT molecular complexity index is 759. The molecule has 0 saturated carbocycles. The largest absolute Gasteiger partial charge is 0.478 e. The molecule has 0 heterocycles. The molecule has 0 aliphatic carbocycles. The van der Waals surface area contributed by atoms with Crippen LogP contribution < -0.4 is 0 Å². The number of hydrogen-bond donors (Lipinski definition) is 1. The monoisotopic (exact) mass is 286 g/mol. The molecule has 0 bridgehead atoms. The quantitative estimate of drug-likeness (QED) is 0.438. The maximum absolute atomic E-state index is 11.1. The van der Waals surface area contributed by atoms with Gasteiger partial charge in [0, 0.05) is 25.3 Å². The van der Waals surface area contributed by atoms with Gasteiger partial charge in [0.15, 0.2) is 0 Å². The third-order valence-corrected chi connectivity index (χ3v) is 2.04. The Kier molecular flexibility index (Phi) is 4.82. The molecule has 0 saturated heterocycles. The molecule has 0 aliphatic rings. The summed E-state index contributed by atoms with van der Waals surface area (Å²) in [6.45, 7) is 0. The van der Waals surface area contributed by atoms with Gasteiger partial charge in [-0.1, -0.05) is 20.5 Å². The summed E-state index contributed by atoms with van der Waals surface area (Å²) in [5.74, 6) is -1.53. The highest BCUT2D eigenvalue weighted by Gasteiger charge is 2.19. The average molecular weight is 286 g/mol. The van der Waals surface area contributed by atoms with E-state index in [1.54, 1.807) is 0 Å². The number of aromatic carboxylic acids is 1. The molecule has 1 aromatic carbocycles. The van der Waals surface area contributed by atoms with Crippen molar-refractivity contribution in [3.63, 3.8) is 0 Å². The minimum atomic E-state index is -1.53. The van der Waals surface area contributed by atoms with Crippen LogP contribution in [0.1, 0.15) is 10.4 Å². The van der Waals surface area contributed by atoms with Crippen molar-refractivity contribution in [2.24, 2.45) is 20.5 Å². The molecule has 14 heteroatoms. The molecule has 1 rings (SSSR count). The number of rotatable bonds is 5. The van der Waals surface area contributed by atoms with Gasteiger partial charge in [-0.25, -0.2) is 4.79 Å². The van der Waals surface area contributed by atoms with Gasteiger partial charge in [-0.3, -0.25) is 0 Å². The molecule has 1 N–H and O–H groups in total. The zero-order valence-corrected chi connectivity index (χ0v) is 9.80. The van der Waals surface area contributed by atoms with Crippen LogP contribution in [0.15, 0.2) is 26.5 Å². The zero-order chi connectivity index (χ0) is 15.8. The number of carbonyl (C=O) groups is 1. The number of benzene rings is 1. The lowest BCUT2D eigenvalue weighted by Gasteiger charge is -2.09. The second-order valence-electron chi connectivity index (χ2n) is 3.05. The molecule has 0 aromatic heterocycles. The number of azide groups is 4. The van der Waals surface area contributed by atoms with Crippen molar-refractivity contribution in [1.82, 2.24) is 0 Å². The smallest absolute Gasteiger partial charge is 0.336 e. The number of hydrogen-bond acceptors (Lipinski definition) is 5. The second-order valence-corrected chi connectivity index (χ2v) is 3.05. The minimum absolute atomic E-state index is 0.396. The van der Waals surface area contributed by atoms with E-state index in [2.05, 4.69) is 40.1 Å². The van der Waals surface area contributed by atoms with Gasteiger partial charge >= 0.3 is 5.97 Å². The molecule has 0 spiro atoms. The molecule has 14 nitrogen and oxygen atoms in total. The van der Waals surface area contributed by atoms with Gasteiger partial charge in [-0.15, -0.1) is 0 Å². The summed E-state index contributed by atoms with van der Waals surface area (Å²) in [5.41, 5.74) is 31.3. The highest BCUT2D eigenvalue weighted by atomic mass is 16.4. The first-order valence-corrected chi connectivity index (χ1v) is 4.75. The molecule has 0 amide bonds. The highest BCUT2D eigenvalue weighted by Crippen LogP contribution is 2.47. The Balaban J connectivity index is 4.10. The number of carboxylic acid groups (broad SMARTS) is 1. The molecule has 0 aliphatic heterocycles. The first-order valence-electron chi connectivity index (χ1n) is 4.75. The van der Waals surface area contributed by atoms with E-state index in [4.69, 9.17) is 27.2 Å². The van der Waals surface area contributed by atoms with Crippen LogP contribution in [0, 0.1) is 0 Å². The van der Waals surface area contributed by atoms with Crippen LogP contribution in [-0.2, 0) is 0 Å². The summed E-state index contributed by atoms with van der Waals surface area (Å²) in [6, 6.07) is 0.826. The van der Waals surface area contributed by atoms with E-state index in [1.165, 1.54) is 0 Å². The van der Waals surface area contributed by atoms with Crippen molar-refractivity contribution in [2.45, 2.75) is 0 Å². The van der Waals surface area contributed by atoms with Gasteiger partial charge in [-0.05, 0) is 28.2 Å². The van der Waals surface area contributed by atoms with Crippen molar-refractivity contribution in [3.8, 4) is 0 Å². The summed E-state index contributed by atoms with van der Waals surface area (Å²) >= 11 is 0. The Morgan fingerprint density at radius 3 is 1.81 bits per heavy atom. The van der Waals surface area contributed by atoms with Crippen LogP contribution >= 0.6 is 0 Å². The van der Waals surface area contributed by atoms with Gasteiger partial charge in [0.05, 0.1) is 22.6 Å². The van der Waals surface area contributed by atoms with Crippen molar-refractivity contribution >= 4 is 28.7 Å². The summed E-state index contributed by atoms with van der Waals surface area (Å²) < 4.78 is 0. The fourth-order valence-corrected chi connectivity index (χ4v) is 1.35. The number of nitrogens with zero attached hydrogens (tertiary/aromatic N) is 12. The van der Waals surface area contributed by atoms with Crippen molar-refractivity contribution in [1.29, 1.82) is 0 Å². The Hall–Kier alpha value is -4.07. The second kappa shape index (κ2) is 6.75. The first kappa shape index (κ1) is 15.0. The van der Waals surface area contributed by atoms with E-state index in [1.807, 2.05) is 0 Å². The molecule has 0 radical (unpaired) electrons. The summed E-state index contributed by atoms with van der Waals surface area (Å²) in [6.07, 6.45) is 0. The van der Waals surface area contributed by atoms with Gasteiger partial charge in [-0.2, -0.15) is 0 Å². The van der Waals surface area contributed by atoms with Crippen LogP contribution in [0.25, 0.3) is 41.8 Å². The molecule has 21 heavy (non-hydrogen) atoms. The Labute approximate surface area is 113 Å². The van der Waals surface area contributed by atoms with E-state index in [-0.39, 0.29) is 0 Å². The van der Waals surface area contributed by atoms with E-state index in [0.29, 0.717) is 0 Å². The van der Waals surface area contributed by atoms with Gasteiger partial charge < -0.3 is 5.11 Å². The molecule has 1 aromatic rings.